The van der Waals surface area contributed by atoms with Crippen LogP contribution in [0.2, 0.25) is 0 Å². The van der Waals surface area contributed by atoms with E-state index >= 15 is 0 Å². The molecule has 1 fully saturated rings. The van der Waals surface area contributed by atoms with Gasteiger partial charge in [0.05, 0.1) is 11.6 Å². The minimum atomic E-state index is -0.229. The molecule has 1 aliphatic rings. The summed E-state index contributed by atoms with van der Waals surface area (Å²) in [5.74, 6) is 0.571. The Kier molecular flexibility index (Phi) is 3.17. The third-order valence-electron chi connectivity index (χ3n) is 4.01. The largest absolute Gasteiger partial charge is 0.391 e. The highest BCUT2D eigenvalue weighted by Gasteiger charge is 2.40. The van der Waals surface area contributed by atoms with Gasteiger partial charge in [-0.25, -0.2) is 0 Å². The molecule has 0 spiro atoms. The quantitative estimate of drug-likeness (QED) is 0.848. The number of rotatable bonds is 2. The molecule has 1 unspecified atom stereocenters. The summed E-state index contributed by atoms with van der Waals surface area (Å²) < 4.78 is 0. The molecule has 0 radical (unpaired) electrons. The van der Waals surface area contributed by atoms with E-state index in [4.69, 9.17) is 0 Å². The zero-order valence-electron chi connectivity index (χ0n) is 11.3. The van der Waals surface area contributed by atoms with Gasteiger partial charge in [-0.3, -0.25) is 0 Å². The molecule has 1 N–H and O–H groups in total. The molecule has 1 aromatic rings. The van der Waals surface area contributed by atoms with Crippen LogP contribution < -0.4 is 4.90 Å². The Morgan fingerprint density at radius 3 is 2.24 bits per heavy atom. The molecular weight excluding hydrogens is 210 g/mol. The highest BCUT2D eigenvalue weighted by Crippen LogP contribution is 2.34. The summed E-state index contributed by atoms with van der Waals surface area (Å²) in [6.45, 7) is 9.58. The zero-order chi connectivity index (χ0) is 12.6. The maximum atomic E-state index is 9.99. The molecule has 1 aliphatic heterocycles. The monoisotopic (exact) mass is 233 g/mol. The Morgan fingerprint density at radius 2 is 1.82 bits per heavy atom. The van der Waals surface area contributed by atoms with Crippen LogP contribution in [0, 0.1) is 0 Å². The standard InChI is InChI=1S/C15H23NO/c1-11(2)12-5-7-13(8-6-12)16-10-9-14(17)15(16,3)4/h5-8,11,14,17H,9-10H2,1-4H3. The first-order valence-electron chi connectivity index (χ1n) is 6.48. The van der Waals surface area contributed by atoms with Crippen molar-refractivity contribution in [3.8, 4) is 0 Å². The average molecular weight is 233 g/mol. The van der Waals surface area contributed by atoms with E-state index in [-0.39, 0.29) is 11.6 Å². The van der Waals surface area contributed by atoms with Crippen molar-refractivity contribution in [1.29, 1.82) is 0 Å². The number of benzene rings is 1. The summed E-state index contributed by atoms with van der Waals surface area (Å²) in [6, 6.07) is 8.74. The maximum absolute atomic E-state index is 9.99. The molecule has 2 nitrogen and oxygen atoms in total. The lowest BCUT2D eigenvalue weighted by Crippen LogP contribution is -2.45. The molecule has 1 heterocycles. The van der Waals surface area contributed by atoms with Crippen LogP contribution in [-0.4, -0.2) is 23.3 Å². The van der Waals surface area contributed by atoms with Gasteiger partial charge in [0, 0.05) is 12.2 Å². The van der Waals surface area contributed by atoms with Gasteiger partial charge in [0.1, 0.15) is 0 Å². The first-order chi connectivity index (χ1) is 7.93. The van der Waals surface area contributed by atoms with Crippen LogP contribution in [0.4, 0.5) is 5.69 Å². The van der Waals surface area contributed by atoms with Gasteiger partial charge in [0.2, 0.25) is 0 Å². The highest BCUT2D eigenvalue weighted by atomic mass is 16.3. The van der Waals surface area contributed by atoms with E-state index in [9.17, 15) is 5.11 Å². The summed E-state index contributed by atoms with van der Waals surface area (Å²) >= 11 is 0. The number of aliphatic hydroxyl groups excluding tert-OH is 1. The molecule has 94 valence electrons. The fourth-order valence-corrected chi connectivity index (χ4v) is 2.57. The lowest BCUT2D eigenvalue weighted by Gasteiger charge is -2.35. The number of anilines is 1. The van der Waals surface area contributed by atoms with E-state index in [1.807, 2.05) is 0 Å². The minimum Gasteiger partial charge on any atom is -0.391 e. The molecule has 1 saturated heterocycles. The smallest absolute Gasteiger partial charge is 0.0783 e. The van der Waals surface area contributed by atoms with E-state index in [1.54, 1.807) is 0 Å². The Balaban J connectivity index is 2.24. The molecular formula is C15H23NO. The average Bonchev–Trinajstić information content (AvgIpc) is 2.54. The lowest BCUT2D eigenvalue weighted by molar-refractivity contribution is 0.127. The summed E-state index contributed by atoms with van der Waals surface area (Å²) in [5, 5.41) is 9.99. The number of aliphatic hydroxyl groups is 1. The Morgan fingerprint density at radius 1 is 1.24 bits per heavy atom. The van der Waals surface area contributed by atoms with Gasteiger partial charge in [-0.1, -0.05) is 26.0 Å². The molecule has 0 aromatic heterocycles. The second-order valence-corrected chi connectivity index (χ2v) is 5.86. The fourth-order valence-electron chi connectivity index (χ4n) is 2.57. The predicted molar refractivity (Wildman–Crippen MR) is 72.6 cm³/mol. The summed E-state index contributed by atoms with van der Waals surface area (Å²) in [6.07, 6.45) is 0.631. The van der Waals surface area contributed by atoms with Crippen molar-refractivity contribution in [2.75, 3.05) is 11.4 Å². The molecule has 0 amide bonds. The molecule has 0 bridgehead atoms. The second-order valence-electron chi connectivity index (χ2n) is 5.86. The van der Waals surface area contributed by atoms with Crippen LogP contribution in [0.15, 0.2) is 24.3 Å². The van der Waals surface area contributed by atoms with Crippen molar-refractivity contribution in [3.63, 3.8) is 0 Å². The minimum absolute atomic E-state index is 0.153. The molecule has 17 heavy (non-hydrogen) atoms. The van der Waals surface area contributed by atoms with Gasteiger partial charge in [-0.15, -0.1) is 0 Å². The van der Waals surface area contributed by atoms with Gasteiger partial charge >= 0.3 is 0 Å². The summed E-state index contributed by atoms with van der Waals surface area (Å²) in [5.41, 5.74) is 2.43. The van der Waals surface area contributed by atoms with Crippen LogP contribution >= 0.6 is 0 Å². The fraction of sp³-hybridized carbons (Fsp3) is 0.600. The van der Waals surface area contributed by atoms with Crippen molar-refractivity contribution in [1.82, 2.24) is 0 Å². The number of nitrogens with zero attached hydrogens (tertiary/aromatic N) is 1. The molecule has 0 aliphatic carbocycles. The SMILES string of the molecule is CC(C)c1ccc(N2CCC(O)C2(C)C)cc1. The molecule has 1 aromatic carbocycles. The van der Waals surface area contributed by atoms with Gasteiger partial charge in [-0.05, 0) is 43.9 Å². The van der Waals surface area contributed by atoms with Gasteiger partial charge in [0.15, 0.2) is 0 Å². The van der Waals surface area contributed by atoms with Crippen LogP contribution in [0.5, 0.6) is 0 Å². The molecule has 0 saturated carbocycles. The number of hydrogen-bond acceptors (Lipinski definition) is 2. The lowest BCUT2D eigenvalue weighted by atomic mass is 9.97. The van der Waals surface area contributed by atoms with Gasteiger partial charge in [0.25, 0.3) is 0 Å². The second kappa shape index (κ2) is 4.34. The van der Waals surface area contributed by atoms with E-state index in [0.717, 1.165) is 13.0 Å². The zero-order valence-corrected chi connectivity index (χ0v) is 11.3. The van der Waals surface area contributed by atoms with Crippen molar-refractivity contribution in [2.45, 2.75) is 51.7 Å². The maximum Gasteiger partial charge on any atom is 0.0783 e. The Bertz CT molecular complexity index is 380. The normalized spacial score (nSPS) is 23.4. The van der Waals surface area contributed by atoms with Gasteiger partial charge in [-0.2, -0.15) is 0 Å². The van der Waals surface area contributed by atoms with E-state index < -0.39 is 0 Å². The van der Waals surface area contributed by atoms with Crippen molar-refractivity contribution in [2.24, 2.45) is 0 Å². The Labute approximate surface area is 104 Å². The number of hydrogen-bond donors (Lipinski definition) is 1. The van der Waals surface area contributed by atoms with Crippen molar-refractivity contribution < 1.29 is 5.11 Å². The molecule has 2 rings (SSSR count). The van der Waals surface area contributed by atoms with E-state index in [2.05, 4.69) is 56.9 Å². The third-order valence-corrected chi connectivity index (χ3v) is 4.01. The predicted octanol–water partition coefficient (Wildman–Crippen LogP) is 3.16. The van der Waals surface area contributed by atoms with Crippen LogP contribution in [-0.2, 0) is 0 Å². The van der Waals surface area contributed by atoms with Crippen LogP contribution in [0.25, 0.3) is 0 Å². The third kappa shape index (κ3) is 2.19. The first-order valence-corrected chi connectivity index (χ1v) is 6.48. The van der Waals surface area contributed by atoms with Crippen molar-refractivity contribution in [3.05, 3.63) is 29.8 Å². The summed E-state index contributed by atoms with van der Waals surface area (Å²) in [7, 11) is 0. The van der Waals surface area contributed by atoms with E-state index in [0.29, 0.717) is 5.92 Å². The van der Waals surface area contributed by atoms with Crippen LogP contribution in [0.1, 0.15) is 45.6 Å². The van der Waals surface area contributed by atoms with Gasteiger partial charge < -0.3 is 10.0 Å². The molecule has 2 heteroatoms. The first kappa shape index (κ1) is 12.4. The Hall–Kier alpha value is -1.02. The van der Waals surface area contributed by atoms with E-state index in [1.165, 1.54) is 11.3 Å². The summed E-state index contributed by atoms with van der Waals surface area (Å²) in [4.78, 5) is 2.31. The topological polar surface area (TPSA) is 23.5 Å². The molecule has 1 atom stereocenters. The van der Waals surface area contributed by atoms with Crippen LogP contribution in [0.3, 0.4) is 0 Å². The van der Waals surface area contributed by atoms with Crippen molar-refractivity contribution >= 4 is 5.69 Å². The highest BCUT2D eigenvalue weighted by molar-refractivity contribution is 5.52.